The lowest BCUT2D eigenvalue weighted by atomic mass is 10.3. The molecule has 0 N–H and O–H groups in total. The molecule has 3 nitrogen and oxygen atoms in total. The summed E-state index contributed by atoms with van der Waals surface area (Å²) in [6, 6.07) is 1.78. The Labute approximate surface area is 78.9 Å². The quantitative estimate of drug-likeness (QED) is 0.547. The summed E-state index contributed by atoms with van der Waals surface area (Å²) in [5, 5.41) is 0. The van der Waals surface area contributed by atoms with Gasteiger partial charge in [-0.25, -0.2) is 4.98 Å². The van der Waals surface area contributed by atoms with Crippen molar-refractivity contribution in [2.24, 2.45) is 0 Å². The third-order valence-corrected chi connectivity index (χ3v) is 1.87. The van der Waals surface area contributed by atoms with Gasteiger partial charge in [0.05, 0.1) is 0 Å². The summed E-state index contributed by atoms with van der Waals surface area (Å²) in [6.07, 6.45) is 1.65. The fraction of sp³-hybridized carbons (Fsp3) is 0.250. The maximum absolute atomic E-state index is 10.6. The summed E-state index contributed by atoms with van der Waals surface area (Å²) in [6.45, 7) is 3.21. The minimum atomic E-state index is -0.341. The Hall–Kier alpha value is -0.900. The van der Waals surface area contributed by atoms with Crippen molar-refractivity contribution < 1.29 is 9.53 Å². The van der Waals surface area contributed by atoms with Crippen molar-refractivity contribution in [1.29, 1.82) is 0 Å². The van der Waals surface area contributed by atoms with Gasteiger partial charge in [0.25, 0.3) is 0 Å². The van der Waals surface area contributed by atoms with Crippen LogP contribution < -0.4 is 4.74 Å². The first-order chi connectivity index (χ1) is 5.61. The first kappa shape index (κ1) is 9.19. The monoisotopic (exact) mass is 229 g/mol. The molecule has 0 saturated heterocycles. The summed E-state index contributed by atoms with van der Waals surface area (Å²) < 4.78 is 5.48. The van der Waals surface area contributed by atoms with Gasteiger partial charge in [-0.2, -0.15) is 0 Å². The summed E-state index contributed by atoms with van der Waals surface area (Å²) in [7, 11) is 0. The minimum absolute atomic E-state index is 0.341. The number of esters is 1. The molecule has 0 amide bonds. The molecule has 0 spiro atoms. The van der Waals surface area contributed by atoms with E-state index in [2.05, 4.69) is 20.9 Å². The van der Waals surface area contributed by atoms with Crippen LogP contribution in [0.5, 0.6) is 5.75 Å². The van der Waals surface area contributed by atoms with Crippen LogP contribution in [0.4, 0.5) is 0 Å². The Morgan fingerprint density at radius 3 is 2.83 bits per heavy atom. The number of aromatic nitrogens is 1. The molecule has 4 heteroatoms. The summed E-state index contributed by atoms with van der Waals surface area (Å²) in [5.41, 5.74) is 0.882. The first-order valence-corrected chi connectivity index (χ1v) is 4.20. The van der Waals surface area contributed by atoms with Gasteiger partial charge in [0.2, 0.25) is 0 Å². The van der Waals surface area contributed by atoms with E-state index in [-0.39, 0.29) is 5.97 Å². The molecular weight excluding hydrogens is 222 g/mol. The van der Waals surface area contributed by atoms with Gasteiger partial charge in [0.1, 0.15) is 4.60 Å². The summed E-state index contributed by atoms with van der Waals surface area (Å²) >= 11 is 3.19. The van der Waals surface area contributed by atoms with Crippen molar-refractivity contribution in [3.05, 3.63) is 22.4 Å². The standard InChI is InChI=1S/C8H8BrNO2/c1-5-3-4-10-8(9)7(5)12-6(2)11/h3-4H,1-2H3. The van der Waals surface area contributed by atoms with E-state index in [9.17, 15) is 4.79 Å². The van der Waals surface area contributed by atoms with E-state index < -0.39 is 0 Å². The van der Waals surface area contributed by atoms with E-state index in [1.165, 1.54) is 6.92 Å². The van der Waals surface area contributed by atoms with E-state index in [0.29, 0.717) is 10.4 Å². The van der Waals surface area contributed by atoms with Crippen molar-refractivity contribution in [3.8, 4) is 5.75 Å². The molecule has 0 saturated carbocycles. The molecule has 1 aromatic heterocycles. The smallest absolute Gasteiger partial charge is 0.308 e. The van der Waals surface area contributed by atoms with Crippen molar-refractivity contribution in [2.75, 3.05) is 0 Å². The predicted octanol–water partition coefficient (Wildman–Crippen LogP) is 2.08. The fourth-order valence-corrected chi connectivity index (χ4v) is 1.29. The highest BCUT2D eigenvalue weighted by molar-refractivity contribution is 9.10. The van der Waals surface area contributed by atoms with E-state index >= 15 is 0 Å². The van der Waals surface area contributed by atoms with Crippen LogP contribution in [0.1, 0.15) is 12.5 Å². The molecule has 0 aliphatic heterocycles. The second-order valence-electron chi connectivity index (χ2n) is 2.34. The highest BCUT2D eigenvalue weighted by Crippen LogP contribution is 2.25. The first-order valence-electron chi connectivity index (χ1n) is 3.41. The van der Waals surface area contributed by atoms with Crippen molar-refractivity contribution >= 4 is 21.9 Å². The van der Waals surface area contributed by atoms with E-state index in [1.807, 2.05) is 6.92 Å². The molecule has 0 fully saturated rings. The van der Waals surface area contributed by atoms with E-state index in [4.69, 9.17) is 4.74 Å². The van der Waals surface area contributed by atoms with Crippen LogP contribution in [0.3, 0.4) is 0 Å². The molecule has 0 aliphatic carbocycles. The number of nitrogens with zero attached hydrogens (tertiary/aromatic N) is 1. The van der Waals surface area contributed by atoms with Crippen LogP contribution in [0.25, 0.3) is 0 Å². The lowest BCUT2D eigenvalue weighted by Gasteiger charge is -2.05. The largest absolute Gasteiger partial charge is 0.424 e. The lowest BCUT2D eigenvalue weighted by molar-refractivity contribution is -0.132. The molecule has 1 rings (SSSR count). The SMILES string of the molecule is CC(=O)Oc1c(C)ccnc1Br. The van der Waals surface area contributed by atoms with Gasteiger partial charge < -0.3 is 4.74 Å². The molecular formula is C8H8BrNO2. The zero-order valence-electron chi connectivity index (χ0n) is 6.80. The second kappa shape index (κ2) is 3.67. The fourth-order valence-electron chi connectivity index (χ4n) is 0.778. The Morgan fingerprint density at radius 2 is 2.33 bits per heavy atom. The summed E-state index contributed by atoms with van der Waals surface area (Å²) in [5.74, 6) is 0.150. The van der Waals surface area contributed by atoms with Gasteiger partial charge in [-0.05, 0) is 34.5 Å². The average Bonchev–Trinajstić information content (AvgIpc) is 1.97. The van der Waals surface area contributed by atoms with Gasteiger partial charge >= 0.3 is 5.97 Å². The lowest BCUT2D eigenvalue weighted by Crippen LogP contribution is -2.03. The van der Waals surface area contributed by atoms with Crippen LogP contribution >= 0.6 is 15.9 Å². The number of hydrogen-bond donors (Lipinski definition) is 0. The maximum atomic E-state index is 10.6. The summed E-state index contributed by atoms with van der Waals surface area (Å²) in [4.78, 5) is 14.6. The Balaban J connectivity index is 3.04. The maximum Gasteiger partial charge on any atom is 0.308 e. The topological polar surface area (TPSA) is 39.2 Å². The van der Waals surface area contributed by atoms with Crippen molar-refractivity contribution in [3.63, 3.8) is 0 Å². The minimum Gasteiger partial charge on any atom is -0.424 e. The number of rotatable bonds is 1. The molecule has 0 aliphatic rings. The molecule has 64 valence electrons. The third kappa shape index (κ3) is 2.04. The number of ether oxygens (including phenoxy) is 1. The number of halogens is 1. The average molecular weight is 230 g/mol. The van der Waals surface area contributed by atoms with Gasteiger partial charge in [0, 0.05) is 13.1 Å². The zero-order chi connectivity index (χ0) is 9.14. The highest BCUT2D eigenvalue weighted by atomic mass is 79.9. The Morgan fingerprint density at radius 1 is 1.67 bits per heavy atom. The molecule has 1 aromatic rings. The van der Waals surface area contributed by atoms with E-state index in [1.54, 1.807) is 12.3 Å². The zero-order valence-corrected chi connectivity index (χ0v) is 8.38. The highest BCUT2D eigenvalue weighted by Gasteiger charge is 2.07. The van der Waals surface area contributed by atoms with Gasteiger partial charge in [-0.3, -0.25) is 4.79 Å². The Kier molecular flexibility index (Phi) is 2.81. The van der Waals surface area contributed by atoms with Crippen LogP contribution in [0.2, 0.25) is 0 Å². The number of aryl methyl sites for hydroxylation is 1. The third-order valence-electron chi connectivity index (χ3n) is 1.30. The van der Waals surface area contributed by atoms with Crippen molar-refractivity contribution in [2.45, 2.75) is 13.8 Å². The number of carbonyl (C=O) groups excluding carboxylic acids is 1. The molecule has 0 bridgehead atoms. The molecule has 0 unspecified atom stereocenters. The van der Waals surface area contributed by atoms with Crippen LogP contribution in [-0.4, -0.2) is 11.0 Å². The van der Waals surface area contributed by atoms with Gasteiger partial charge in [0.15, 0.2) is 5.75 Å². The molecule has 0 radical (unpaired) electrons. The molecule has 0 atom stereocenters. The predicted molar refractivity (Wildman–Crippen MR) is 48.0 cm³/mol. The van der Waals surface area contributed by atoms with Gasteiger partial charge in [-0.1, -0.05) is 0 Å². The Bertz CT molecular complexity index is 292. The van der Waals surface area contributed by atoms with E-state index in [0.717, 1.165) is 5.56 Å². The normalized spacial score (nSPS) is 9.58. The van der Waals surface area contributed by atoms with Gasteiger partial charge in [-0.15, -0.1) is 0 Å². The van der Waals surface area contributed by atoms with Crippen LogP contribution in [0, 0.1) is 6.92 Å². The number of pyridine rings is 1. The van der Waals surface area contributed by atoms with Crippen LogP contribution in [0.15, 0.2) is 16.9 Å². The molecule has 0 aromatic carbocycles. The molecule has 12 heavy (non-hydrogen) atoms. The molecule has 1 heterocycles. The van der Waals surface area contributed by atoms with Crippen molar-refractivity contribution in [1.82, 2.24) is 4.98 Å². The van der Waals surface area contributed by atoms with Crippen LogP contribution in [-0.2, 0) is 4.79 Å². The second-order valence-corrected chi connectivity index (χ2v) is 3.09. The number of hydrogen-bond acceptors (Lipinski definition) is 3. The number of carbonyl (C=O) groups is 1.